The van der Waals surface area contributed by atoms with E-state index in [0.29, 0.717) is 11.1 Å². The Morgan fingerprint density at radius 3 is 2.16 bits per heavy atom. The van der Waals surface area contributed by atoms with Crippen LogP contribution in [0.2, 0.25) is 0 Å². The second-order valence-electron chi connectivity index (χ2n) is 6.94. The normalized spacial score (nSPS) is 17.7. The highest BCUT2D eigenvalue weighted by atomic mass is 79.9. The molecule has 1 aliphatic heterocycles. The minimum atomic E-state index is -1.15. The van der Waals surface area contributed by atoms with Crippen LogP contribution in [0.1, 0.15) is 27.5 Å². The number of nitrogens with zero attached hydrogens (tertiary/aromatic N) is 1. The highest BCUT2D eigenvalue weighted by Crippen LogP contribution is 2.42. The van der Waals surface area contributed by atoms with Gasteiger partial charge in [-0.1, -0.05) is 64.5 Å². The number of carboxylic acids is 1. The summed E-state index contributed by atoms with van der Waals surface area (Å²) < 4.78 is 0.801. The van der Waals surface area contributed by atoms with Crippen molar-refractivity contribution in [2.75, 3.05) is 4.90 Å². The summed E-state index contributed by atoms with van der Waals surface area (Å²) in [6.07, 6.45) is 0. The van der Waals surface area contributed by atoms with Crippen molar-refractivity contribution in [3.8, 4) is 0 Å². The maximum Gasteiger partial charge on any atom is 0.335 e. The van der Waals surface area contributed by atoms with Crippen molar-refractivity contribution in [1.29, 1.82) is 0 Å². The van der Waals surface area contributed by atoms with E-state index in [9.17, 15) is 24.6 Å². The molecule has 1 heterocycles. The Balaban J connectivity index is 1.94. The van der Waals surface area contributed by atoms with E-state index in [-0.39, 0.29) is 22.6 Å². The first kappa shape index (κ1) is 20.6. The van der Waals surface area contributed by atoms with E-state index in [4.69, 9.17) is 0 Å². The first-order valence-corrected chi connectivity index (χ1v) is 10.1. The van der Waals surface area contributed by atoms with Crippen LogP contribution in [0.5, 0.6) is 0 Å². The lowest BCUT2D eigenvalue weighted by Gasteiger charge is -2.25. The molecule has 0 unspecified atom stereocenters. The van der Waals surface area contributed by atoms with E-state index in [1.165, 1.54) is 23.1 Å². The van der Waals surface area contributed by atoms with Gasteiger partial charge >= 0.3 is 5.97 Å². The molecule has 154 valence electrons. The zero-order chi connectivity index (χ0) is 22.1. The van der Waals surface area contributed by atoms with Gasteiger partial charge in [-0.2, -0.15) is 0 Å². The number of rotatable bonds is 4. The Morgan fingerprint density at radius 2 is 1.52 bits per heavy atom. The van der Waals surface area contributed by atoms with Crippen LogP contribution in [0, 0.1) is 0 Å². The SMILES string of the molecule is O=C1C(=O)N(c2cccc(C(=O)O)c2)[C@H](c2ccccc2)C1=C(O)c1ccc(Br)cc1. The van der Waals surface area contributed by atoms with Gasteiger partial charge in [0.05, 0.1) is 17.2 Å². The third kappa shape index (κ3) is 3.75. The molecule has 3 aromatic carbocycles. The molecule has 0 bridgehead atoms. The van der Waals surface area contributed by atoms with Gasteiger partial charge in [-0.3, -0.25) is 14.5 Å². The summed E-state index contributed by atoms with van der Waals surface area (Å²) in [7, 11) is 0. The summed E-state index contributed by atoms with van der Waals surface area (Å²) in [5.41, 5.74) is 1.19. The fraction of sp³-hybridized carbons (Fsp3) is 0.0417. The number of benzene rings is 3. The molecule has 4 rings (SSSR count). The average Bonchev–Trinajstić information content (AvgIpc) is 3.05. The average molecular weight is 478 g/mol. The highest BCUT2D eigenvalue weighted by molar-refractivity contribution is 9.10. The molecule has 1 amide bonds. The number of carboxylic acid groups (broad SMARTS) is 1. The topological polar surface area (TPSA) is 94.9 Å². The number of ketones is 1. The largest absolute Gasteiger partial charge is 0.507 e. The van der Waals surface area contributed by atoms with Crippen molar-refractivity contribution >= 4 is 45.0 Å². The number of hydrogen-bond donors (Lipinski definition) is 2. The highest BCUT2D eigenvalue weighted by Gasteiger charge is 2.47. The number of amides is 1. The van der Waals surface area contributed by atoms with Gasteiger partial charge in [0, 0.05) is 15.7 Å². The summed E-state index contributed by atoms with van der Waals surface area (Å²) in [6, 6.07) is 20.5. The number of aliphatic hydroxyl groups is 1. The number of hydrogen-bond acceptors (Lipinski definition) is 4. The second kappa shape index (κ2) is 8.20. The maximum atomic E-state index is 13.0. The molecule has 7 heteroatoms. The standard InChI is InChI=1S/C24H16BrNO5/c25-17-11-9-15(10-12-17)21(27)19-20(14-5-2-1-3-6-14)26(23(29)22(19)28)18-8-4-7-16(13-18)24(30)31/h1-13,20,27H,(H,30,31)/t20-/m1/s1. The lowest BCUT2D eigenvalue weighted by molar-refractivity contribution is -0.132. The Kier molecular flexibility index (Phi) is 5.44. The van der Waals surface area contributed by atoms with Gasteiger partial charge in [-0.15, -0.1) is 0 Å². The quantitative estimate of drug-likeness (QED) is 0.320. The Bertz CT molecular complexity index is 1220. The molecule has 6 nitrogen and oxygen atoms in total. The summed E-state index contributed by atoms with van der Waals surface area (Å²) in [5, 5.41) is 20.3. The number of carbonyl (C=O) groups is 3. The van der Waals surface area contributed by atoms with Gasteiger partial charge in [0.1, 0.15) is 5.76 Å². The lowest BCUT2D eigenvalue weighted by atomic mass is 9.95. The zero-order valence-electron chi connectivity index (χ0n) is 16.0. The van der Waals surface area contributed by atoms with Crippen molar-refractivity contribution in [2.45, 2.75) is 6.04 Å². The summed E-state index contributed by atoms with van der Waals surface area (Å²) in [6.45, 7) is 0. The maximum absolute atomic E-state index is 13.0. The van der Waals surface area contributed by atoms with Crippen LogP contribution in [0.4, 0.5) is 5.69 Å². The molecule has 1 saturated heterocycles. The monoisotopic (exact) mass is 477 g/mol. The predicted octanol–water partition coefficient (Wildman–Crippen LogP) is 4.77. The van der Waals surface area contributed by atoms with E-state index in [1.54, 1.807) is 60.7 Å². The van der Waals surface area contributed by atoms with Crippen LogP contribution in [-0.2, 0) is 9.59 Å². The minimum absolute atomic E-state index is 0.0147. The molecule has 0 aromatic heterocycles. The van der Waals surface area contributed by atoms with Gasteiger partial charge in [0.15, 0.2) is 0 Å². The summed E-state index contributed by atoms with van der Waals surface area (Å²) in [5.74, 6) is -3.12. The van der Waals surface area contributed by atoms with Gasteiger partial charge in [-0.25, -0.2) is 4.79 Å². The van der Waals surface area contributed by atoms with Gasteiger partial charge in [0.25, 0.3) is 11.7 Å². The molecule has 1 atom stereocenters. The van der Waals surface area contributed by atoms with Crippen molar-refractivity contribution in [1.82, 2.24) is 0 Å². The van der Waals surface area contributed by atoms with Crippen LogP contribution in [0.25, 0.3) is 5.76 Å². The number of aliphatic hydroxyl groups excluding tert-OH is 1. The second-order valence-corrected chi connectivity index (χ2v) is 7.86. The van der Waals surface area contributed by atoms with Gasteiger partial charge < -0.3 is 10.2 Å². The predicted molar refractivity (Wildman–Crippen MR) is 119 cm³/mol. The first-order valence-electron chi connectivity index (χ1n) is 9.33. The van der Waals surface area contributed by atoms with E-state index in [2.05, 4.69) is 15.9 Å². The molecule has 1 fully saturated rings. The van der Waals surface area contributed by atoms with Crippen molar-refractivity contribution in [3.63, 3.8) is 0 Å². The molecule has 0 aliphatic carbocycles. The molecular weight excluding hydrogens is 462 g/mol. The van der Waals surface area contributed by atoms with Crippen LogP contribution in [-0.4, -0.2) is 27.9 Å². The third-order valence-electron chi connectivity index (χ3n) is 5.05. The molecule has 2 N–H and O–H groups in total. The number of Topliss-reactive ketones (excluding diaryl/α,β-unsaturated/α-hetero) is 1. The van der Waals surface area contributed by atoms with Crippen LogP contribution >= 0.6 is 15.9 Å². The van der Waals surface area contributed by atoms with Crippen LogP contribution in [0.3, 0.4) is 0 Å². The van der Waals surface area contributed by atoms with E-state index in [1.807, 2.05) is 0 Å². The van der Waals surface area contributed by atoms with E-state index < -0.39 is 23.7 Å². The molecule has 1 aliphatic rings. The smallest absolute Gasteiger partial charge is 0.335 e. The lowest BCUT2D eigenvalue weighted by Crippen LogP contribution is -2.29. The molecular formula is C24H16BrNO5. The third-order valence-corrected chi connectivity index (χ3v) is 5.58. The van der Waals surface area contributed by atoms with Gasteiger partial charge in [-0.05, 0) is 35.9 Å². The molecule has 0 spiro atoms. The number of aromatic carboxylic acids is 1. The van der Waals surface area contributed by atoms with Crippen LogP contribution < -0.4 is 4.90 Å². The number of halogens is 1. The van der Waals surface area contributed by atoms with Gasteiger partial charge in [0.2, 0.25) is 0 Å². The Labute approximate surface area is 186 Å². The Morgan fingerprint density at radius 1 is 0.839 bits per heavy atom. The molecule has 0 saturated carbocycles. The summed E-state index contributed by atoms with van der Waals surface area (Å²) in [4.78, 5) is 38.7. The van der Waals surface area contributed by atoms with Crippen molar-refractivity contribution in [3.05, 3.63) is 106 Å². The van der Waals surface area contributed by atoms with Crippen molar-refractivity contribution < 1.29 is 24.6 Å². The summed E-state index contributed by atoms with van der Waals surface area (Å²) >= 11 is 3.33. The minimum Gasteiger partial charge on any atom is -0.507 e. The van der Waals surface area contributed by atoms with Crippen LogP contribution in [0.15, 0.2) is 88.9 Å². The Hall–Kier alpha value is -3.71. The zero-order valence-corrected chi connectivity index (χ0v) is 17.6. The number of carbonyl (C=O) groups excluding carboxylic acids is 2. The molecule has 31 heavy (non-hydrogen) atoms. The fourth-order valence-corrected chi connectivity index (χ4v) is 3.87. The number of anilines is 1. The van der Waals surface area contributed by atoms with E-state index in [0.717, 1.165) is 4.47 Å². The molecule has 3 aromatic rings. The fourth-order valence-electron chi connectivity index (χ4n) is 3.60. The van der Waals surface area contributed by atoms with E-state index >= 15 is 0 Å². The molecule has 0 radical (unpaired) electrons. The first-order chi connectivity index (χ1) is 14.9. The van der Waals surface area contributed by atoms with Crippen molar-refractivity contribution in [2.24, 2.45) is 0 Å².